The summed E-state index contributed by atoms with van der Waals surface area (Å²) in [5.74, 6) is 0. The normalized spacial score (nSPS) is 15.0. The molecule has 3 nitrogen and oxygen atoms in total. The molecule has 3 rings (SSSR count). The summed E-state index contributed by atoms with van der Waals surface area (Å²) in [6, 6.07) is 16.4. The number of halogens is 1. The lowest BCUT2D eigenvalue weighted by molar-refractivity contribution is 0.122. The number of hydrogen-bond acceptors (Lipinski definition) is 3. The van der Waals surface area contributed by atoms with Gasteiger partial charge in [0.05, 0.1) is 13.2 Å². The Morgan fingerprint density at radius 2 is 1.71 bits per heavy atom. The maximum Gasteiger partial charge on any atom is 0.0642 e. The molecule has 1 aliphatic rings. The van der Waals surface area contributed by atoms with Crippen LogP contribution in [0.4, 0.5) is 11.4 Å². The zero-order chi connectivity index (χ0) is 14.5. The van der Waals surface area contributed by atoms with Crippen LogP contribution in [0.25, 0.3) is 0 Å². The zero-order valence-electron chi connectivity index (χ0n) is 11.9. The summed E-state index contributed by atoms with van der Waals surface area (Å²) in [6.07, 6.45) is 0. The lowest BCUT2D eigenvalue weighted by atomic mass is 10.2. The van der Waals surface area contributed by atoms with Crippen LogP contribution in [-0.2, 0) is 11.3 Å². The molecule has 0 aliphatic carbocycles. The van der Waals surface area contributed by atoms with Gasteiger partial charge in [-0.3, -0.25) is 0 Å². The molecule has 1 saturated heterocycles. The van der Waals surface area contributed by atoms with E-state index in [4.69, 9.17) is 16.3 Å². The Morgan fingerprint density at radius 3 is 2.43 bits per heavy atom. The molecule has 4 heteroatoms. The summed E-state index contributed by atoms with van der Waals surface area (Å²) < 4.78 is 5.38. The fourth-order valence-corrected chi connectivity index (χ4v) is 2.65. The first-order valence-corrected chi connectivity index (χ1v) is 7.61. The number of rotatable bonds is 4. The van der Waals surface area contributed by atoms with Gasteiger partial charge in [-0.25, -0.2) is 0 Å². The topological polar surface area (TPSA) is 24.5 Å². The molecule has 0 saturated carbocycles. The molecular weight excluding hydrogens is 284 g/mol. The molecule has 0 radical (unpaired) electrons. The number of morpholine rings is 1. The van der Waals surface area contributed by atoms with Gasteiger partial charge < -0.3 is 15.0 Å². The predicted molar refractivity (Wildman–Crippen MR) is 88.3 cm³/mol. The Balaban J connectivity index is 1.60. The van der Waals surface area contributed by atoms with Crippen LogP contribution in [0.5, 0.6) is 0 Å². The van der Waals surface area contributed by atoms with Gasteiger partial charge in [0.1, 0.15) is 0 Å². The summed E-state index contributed by atoms with van der Waals surface area (Å²) in [5, 5.41) is 4.21. The first-order chi connectivity index (χ1) is 10.3. The van der Waals surface area contributed by atoms with E-state index in [1.807, 2.05) is 24.3 Å². The number of ether oxygens (including phenoxy) is 1. The monoisotopic (exact) mass is 302 g/mol. The minimum absolute atomic E-state index is 0.733. The standard InChI is InChI=1S/C17H19ClN2O/c18-17-4-2-1-3-14(17)13-19-15-5-7-16(8-6-15)20-9-11-21-12-10-20/h1-8,19H,9-13H2. The van der Waals surface area contributed by atoms with Gasteiger partial charge in [-0.1, -0.05) is 29.8 Å². The number of nitrogens with one attached hydrogen (secondary N) is 1. The van der Waals surface area contributed by atoms with Crippen LogP contribution in [0.15, 0.2) is 48.5 Å². The molecule has 1 aliphatic heterocycles. The number of nitrogens with zero attached hydrogens (tertiary/aromatic N) is 1. The largest absolute Gasteiger partial charge is 0.381 e. The summed E-state index contributed by atoms with van der Waals surface area (Å²) in [4.78, 5) is 2.35. The summed E-state index contributed by atoms with van der Waals surface area (Å²) >= 11 is 6.16. The molecule has 0 spiro atoms. The van der Waals surface area contributed by atoms with E-state index in [0.29, 0.717) is 0 Å². The van der Waals surface area contributed by atoms with Crippen LogP contribution in [-0.4, -0.2) is 26.3 Å². The van der Waals surface area contributed by atoms with Crippen molar-refractivity contribution in [2.45, 2.75) is 6.54 Å². The van der Waals surface area contributed by atoms with Gasteiger partial charge in [0.2, 0.25) is 0 Å². The second-order valence-electron chi connectivity index (χ2n) is 5.09. The van der Waals surface area contributed by atoms with Crippen molar-refractivity contribution in [1.82, 2.24) is 0 Å². The van der Waals surface area contributed by atoms with Crippen LogP contribution in [0.1, 0.15) is 5.56 Å². The Bertz CT molecular complexity index is 580. The lowest BCUT2D eigenvalue weighted by Gasteiger charge is -2.28. The van der Waals surface area contributed by atoms with Crippen molar-refractivity contribution in [3.63, 3.8) is 0 Å². The Labute approximate surface area is 130 Å². The van der Waals surface area contributed by atoms with Gasteiger partial charge in [0.25, 0.3) is 0 Å². The molecule has 21 heavy (non-hydrogen) atoms. The summed E-state index contributed by atoms with van der Waals surface area (Å²) in [7, 11) is 0. The first-order valence-electron chi connectivity index (χ1n) is 7.23. The van der Waals surface area contributed by atoms with Crippen LogP contribution < -0.4 is 10.2 Å². The van der Waals surface area contributed by atoms with E-state index < -0.39 is 0 Å². The van der Waals surface area contributed by atoms with E-state index in [0.717, 1.165) is 49.1 Å². The van der Waals surface area contributed by atoms with Crippen LogP contribution >= 0.6 is 11.6 Å². The second kappa shape index (κ2) is 6.83. The maximum atomic E-state index is 6.16. The molecule has 0 unspecified atom stereocenters. The van der Waals surface area contributed by atoms with E-state index in [-0.39, 0.29) is 0 Å². The maximum absolute atomic E-state index is 6.16. The average molecular weight is 303 g/mol. The Hall–Kier alpha value is -1.71. The lowest BCUT2D eigenvalue weighted by Crippen LogP contribution is -2.36. The third-order valence-corrected chi connectivity index (χ3v) is 4.05. The molecule has 0 bridgehead atoms. The van der Waals surface area contributed by atoms with E-state index in [1.165, 1.54) is 5.69 Å². The highest BCUT2D eigenvalue weighted by Gasteiger charge is 2.10. The third kappa shape index (κ3) is 3.69. The van der Waals surface area contributed by atoms with E-state index in [9.17, 15) is 0 Å². The van der Waals surface area contributed by atoms with Crippen LogP contribution in [0.3, 0.4) is 0 Å². The van der Waals surface area contributed by atoms with Gasteiger partial charge in [-0.15, -0.1) is 0 Å². The highest BCUT2D eigenvalue weighted by molar-refractivity contribution is 6.31. The van der Waals surface area contributed by atoms with Crippen molar-refractivity contribution in [2.24, 2.45) is 0 Å². The number of benzene rings is 2. The fourth-order valence-electron chi connectivity index (χ4n) is 2.45. The molecule has 0 atom stereocenters. The van der Waals surface area contributed by atoms with E-state index in [2.05, 4.69) is 34.5 Å². The Kier molecular flexibility index (Phi) is 4.63. The number of anilines is 2. The zero-order valence-corrected chi connectivity index (χ0v) is 12.6. The van der Waals surface area contributed by atoms with Crippen molar-refractivity contribution in [3.8, 4) is 0 Å². The molecule has 2 aromatic carbocycles. The first kappa shape index (κ1) is 14.2. The quantitative estimate of drug-likeness (QED) is 0.930. The van der Waals surface area contributed by atoms with E-state index >= 15 is 0 Å². The van der Waals surface area contributed by atoms with Crippen LogP contribution in [0, 0.1) is 0 Å². The Morgan fingerprint density at radius 1 is 1.00 bits per heavy atom. The van der Waals surface area contributed by atoms with Gasteiger partial charge in [-0.2, -0.15) is 0 Å². The van der Waals surface area contributed by atoms with Crippen molar-refractivity contribution in [3.05, 3.63) is 59.1 Å². The van der Waals surface area contributed by atoms with Crippen molar-refractivity contribution < 1.29 is 4.74 Å². The van der Waals surface area contributed by atoms with Gasteiger partial charge in [0.15, 0.2) is 0 Å². The fraction of sp³-hybridized carbons (Fsp3) is 0.294. The molecule has 0 aromatic heterocycles. The minimum atomic E-state index is 0.733. The third-order valence-electron chi connectivity index (χ3n) is 3.68. The average Bonchev–Trinajstić information content (AvgIpc) is 2.55. The van der Waals surface area contributed by atoms with Gasteiger partial charge in [-0.05, 0) is 35.9 Å². The van der Waals surface area contributed by atoms with Gasteiger partial charge in [0, 0.05) is 36.0 Å². The highest BCUT2D eigenvalue weighted by Crippen LogP contribution is 2.21. The van der Waals surface area contributed by atoms with Crippen molar-refractivity contribution in [2.75, 3.05) is 36.5 Å². The molecule has 1 fully saturated rings. The molecule has 1 heterocycles. The van der Waals surface area contributed by atoms with E-state index in [1.54, 1.807) is 0 Å². The molecule has 2 aromatic rings. The predicted octanol–water partition coefficient (Wildman–Crippen LogP) is 3.79. The number of hydrogen-bond donors (Lipinski definition) is 1. The van der Waals surface area contributed by atoms with Gasteiger partial charge >= 0.3 is 0 Å². The summed E-state index contributed by atoms with van der Waals surface area (Å²) in [6.45, 7) is 4.29. The highest BCUT2D eigenvalue weighted by atomic mass is 35.5. The van der Waals surface area contributed by atoms with Crippen LogP contribution in [0.2, 0.25) is 5.02 Å². The second-order valence-corrected chi connectivity index (χ2v) is 5.50. The smallest absolute Gasteiger partial charge is 0.0642 e. The SMILES string of the molecule is Clc1ccccc1CNc1ccc(N2CCOCC2)cc1. The summed E-state index contributed by atoms with van der Waals surface area (Å²) in [5.41, 5.74) is 3.46. The van der Waals surface area contributed by atoms with Crippen molar-refractivity contribution >= 4 is 23.0 Å². The molecule has 0 amide bonds. The molecular formula is C17H19ClN2O. The van der Waals surface area contributed by atoms with Crippen molar-refractivity contribution in [1.29, 1.82) is 0 Å². The minimum Gasteiger partial charge on any atom is -0.381 e. The molecule has 1 N–H and O–H groups in total. The molecule has 110 valence electrons.